The number of amides is 2. The van der Waals surface area contributed by atoms with Crippen molar-refractivity contribution in [2.45, 2.75) is 50.7 Å². The van der Waals surface area contributed by atoms with Crippen molar-refractivity contribution in [3.05, 3.63) is 0 Å². The molecule has 0 bridgehead atoms. The van der Waals surface area contributed by atoms with Crippen molar-refractivity contribution in [2.24, 2.45) is 5.73 Å². The van der Waals surface area contributed by atoms with Crippen LogP contribution in [0.25, 0.3) is 0 Å². The summed E-state index contributed by atoms with van der Waals surface area (Å²) >= 11 is 0. The van der Waals surface area contributed by atoms with E-state index in [1.165, 1.54) is 0 Å². The highest BCUT2D eigenvalue weighted by Gasteiger charge is 2.36. The maximum atomic E-state index is 12.1. The number of likely N-dealkylation sites (tertiary alicyclic amines) is 1. The number of primary amides is 1. The molecule has 2 unspecified atom stereocenters. The van der Waals surface area contributed by atoms with Crippen LogP contribution in [0.1, 0.15) is 32.6 Å². The van der Waals surface area contributed by atoms with Gasteiger partial charge in [0.25, 0.3) is 0 Å². The number of carbonyl (C=O) groups excluding carboxylic acids is 2. The van der Waals surface area contributed by atoms with Crippen LogP contribution < -0.4 is 11.1 Å². The Labute approximate surface area is 95.3 Å². The van der Waals surface area contributed by atoms with Crippen LogP contribution >= 0.6 is 0 Å². The van der Waals surface area contributed by atoms with E-state index in [2.05, 4.69) is 5.32 Å². The third-order valence-corrected chi connectivity index (χ3v) is 3.37. The van der Waals surface area contributed by atoms with Gasteiger partial charge in [0.1, 0.15) is 6.04 Å². The van der Waals surface area contributed by atoms with Crippen LogP contribution in [0, 0.1) is 0 Å². The van der Waals surface area contributed by atoms with E-state index in [0.717, 1.165) is 25.7 Å². The van der Waals surface area contributed by atoms with Gasteiger partial charge in [-0.15, -0.1) is 0 Å². The van der Waals surface area contributed by atoms with Crippen LogP contribution in [-0.2, 0) is 9.59 Å². The number of nitrogens with zero attached hydrogens (tertiary/aromatic N) is 1. The second-order valence-corrected chi connectivity index (χ2v) is 4.75. The lowest BCUT2D eigenvalue weighted by Crippen LogP contribution is -2.56. The van der Waals surface area contributed by atoms with Crippen molar-refractivity contribution < 1.29 is 9.59 Å². The normalized spacial score (nSPS) is 27.9. The fourth-order valence-electron chi connectivity index (χ4n) is 2.13. The van der Waals surface area contributed by atoms with Crippen LogP contribution in [0.4, 0.5) is 0 Å². The maximum absolute atomic E-state index is 12.1. The molecule has 1 aliphatic carbocycles. The lowest BCUT2D eigenvalue weighted by molar-refractivity contribution is -0.142. The molecule has 0 spiro atoms. The maximum Gasteiger partial charge on any atom is 0.240 e. The molecule has 1 saturated heterocycles. The number of nitrogens with two attached hydrogens (primary N) is 1. The van der Waals surface area contributed by atoms with Gasteiger partial charge in [-0.2, -0.15) is 0 Å². The molecule has 0 aromatic heterocycles. The van der Waals surface area contributed by atoms with Gasteiger partial charge in [-0.05, 0) is 32.6 Å². The van der Waals surface area contributed by atoms with Crippen molar-refractivity contribution in [1.82, 2.24) is 10.2 Å². The average Bonchev–Trinajstić information content (AvgIpc) is 3.04. The summed E-state index contributed by atoms with van der Waals surface area (Å²) in [5, 5.41) is 3.32. The molecule has 5 nitrogen and oxygen atoms in total. The predicted molar refractivity (Wildman–Crippen MR) is 59.5 cm³/mol. The Balaban J connectivity index is 1.97. The molecular formula is C11H19N3O2. The van der Waals surface area contributed by atoms with Gasteiger partial charge in [0.05, 0.1) is 6.04 Å². The van der Waals surface area contributed by atoms with Crippen molar-refractivity contribution in [1.29, 1.82) is 0 Å². The fourth-order valence-corrected chi connectivity index (χ4v) is 2.13. The van der Waals surface area contributed by atoms with E-state index < -0.39 is 11.9 Å². The van der Waals surface area contributed by atoms with E-state index in [9.17, 15) is 9.59 Å². The van der Waals surface area contributed by atoms with Gasteiger partial charge in [-0.3, -0.25) is 9.59 Å². The Morgan fingerprint density at radius 3 is 2.75 bits per heavy atom. The molecule has 1 aliphatic heterocycles. The molecule has 0 radical (unpaired) electrons. The number of piperidine rings is 1. The molecule has 0 aromatic rings. The SMILES string of the molecule is CC(C(N)=O)N1CCCC(NC2CC2)C1=O. The molecule has 2 atom stereocenters. The standard InChI is InChI=1S/C11H19N3O2/c1-7(10(12)15)14-6-2-3-9(11(14)16)13-8-4-5-8/h7-9,13H,2-6H2,1H3,(H2,12,15). The van der Waals surface area contributed by atoms with E-state index >= 15 is 0 Å². The zero-order chi connectivity index (χ0) is 11.7. The summed E-state index contributed by atoms with van der Waals surface area (Å²) < 4.78 is 0. The Hall–Kier alpha value is -1.10. The van der Waals surface area contributed by atoms with Gasteiger partial charge in [0, 0.05) is 12.6 Å². The zero-order valence-electron chi connectivity index (χ0n) is 9.61. The van der Waals surface area contributed by atoms with Crippen LogP contribution in [0.15, 0.2) is 0 Å². The molecule has 2 rings (SSSR count). The summed E-state index contributed by atoms with van der Waals surface area (Å²) in [6, 6.07) is -0.0860. The van der Waals surface area contributed by atoms with Crippen molar-refractivity contribution in [3.8, 4) is 0 Å². The van der Waals surface area contributed by atoms with E-state index in [1.54, 1.807) is 11.8 Å². The average molecular weight is 225 g/mol. The third-order valence-electron chi connectivity index (χ3n) is 3.37. The largest absolute Gasteiger partial charge is 0.368 e. The van der Waals surface area contributed by atoms with Crippen LogP contribution in [0.3, 0.4) is 0 Å². The summed E-state index contributed by atoms with van der Waals surface area (Å²) in [6.45, 7) is 2.34. The second-order valence-electron chi connectivity index (χ2n) is 4.75. The van der Waals surface area contributed by atoms with E-state index in [1.807, 2.05) is 0 Å². The van der Waals surface area contributed by atoms with E-state index in [-0.39, 0.29) is 11.9 Å². The minimum absolute atomic E-state index is 0.0319. The zero-order valence-corrected chi connectivity index (χ0v) is 9.61. The molecular weight excluding hydrogens is 206 g/mol. The summed E-state index contributed by atoms with van der Waals surface area (Å²) in [5.41, 5.74) is 5.23. The third kappa shape index (κ3) is 2.35. The Kier molecular flexibility index (Phi) is 3.14. The number of rotatable bonds is 4. The highest BCUT2D eigenvalue weighted by molar-refractivity contribution is 5.89. The highest BCUT2D eigenvalue weighted by Crippen LogP contribution is 2.23. The number of carbonyl (C=O) groups is 2. The molecule has 1 heterocycles. The quantitative estimate of drug-likeness (QED) is 0.684. The highest BCUT2D eigenvalue weighted by atomic mass is 16.2. The van der Waals surface area contributed by atoms with Gasteiger partial charge in [0.2, 0.25) is 11.8 Å². The number of nitrogens with one attached hydrogen (secondary N) is 1. The second kappa shape index (κ2) is 4.41. The monoisotopic (exact) mass is 225 g/mol. The minimum Gasteiger partial charge on any atom is -0.368 e. The molecule has 0 aromatic carbocycles. The Morgan fingerprint density at radius 2 is 2.19 bits per heavy atom. The number of hydrogen-bond acceptors (Lipinski definition) is 3. The summed E-state index contributed by atoms with van der Waals surface area (Å²) in [6.07, 6.45) is 4.13. The molecule has 3 N–H and O–H groups in total. The van der Waals surface area contributed by atoms with Gasteiger partial charge >= 0.3 is 0 Å². The molecule has 2 fully saturated rings. The van der Waals surface area contributed by atoms with Gasteiger partial charge in [-0.1, -0.05) is 0 Å². The number of hydrogen-bond donors (Lipinski definition) is 2. The lowest BCUT2D eigenvalue weighted by Gasteiger charge is -2.35. The first-order chi connectivity index (χ1) is 7.59. The first-order valence-corrected chi connectivity index (χ1v) is 5.95. The smallest absolute Gasteiger partial charge is 0.240 e. The summed E-state index contributed by atoms with van der Waals surface area (Å²) in [5.74, 6) is -0.398. The van der Waals surface area contributed by atoms with E-state index in [0.29, 0.717) is 12.6 Å². The van der Waals surface area contributed by atoms with Crippen LogP contribution in [0.2, 0.25) is 0 Å². The topological polar surface area (TPSA) is 75.4 Å². The Morgan fingerprint density at radius 1 is 1.50 bits per heavy atom. The molecule has 2 aliphatic rings. The first kappa shape index (κ1) is 11.4. The fraction of sp³-hybridized carbons (Fsp3) is 0.818. The van der Waals surface area contributed by atoms with Crippen LogP contribution in [-0.4, -0.2) is 41.4 Å². The van der Waals surface area contributed by atoms with Gasteiger partial charge in [-0.25, -0.2) is 0 Å². The van der Waals surface area contributed by atoms with E-state index in [4.69, 9.17) is 5.73 Å². The minimum atomic E-state index is -0.490. The van der Waals surface area contributed by atoms with Crippen LogP contribution in [0.5, 0.6) is 0 Å². The lowest BCUT2D eigenvalue weighted by atomic mass is 10.0. The van der Waals surface area contributed by atoms with Crippen molar-refractivity contribution in [3.63, 3.8) is 0 Å². The van der Waals surface area contributed by atoms with Gasteiger partial charge in [0.15, 0.2) is 0 Å². The summed E-state index contributed by atoms with van der Waals surface area (Å²) in [7, 11) is 0. The van der Waals surface area contributed by atoms with Gasteiger partial charge < -0.3 is 16.0 Å². The predicted octanol–water partition coefficient (Wildman–Crippen LogP) is -0.397. The van der Waals surface area contributed by atoms with Crippen molar-refractivity contribution >= 4 is 11.8 Å². The van der Waals surface area contributed by atoms with Crippen molar-refractivity contribution in [2.75, 3.05) is 6.54 Å². The first-order valence-electron chi connectivity index (χ1n) is 5.95. The molecule has 90 valence electrons. The molecule has 5 heteroatoms. The molecule has 1 saturated carbocycles. The molecule has 16 heavy (non-hydrogen) atoms. The molecule has 2 amide bonds. The summed E-state index contributed by atoms with van der Waals surface area (Å²) in [4.78, 5) is 24.8. The Bertz CT molecular complexity index is 302.